The third-order valence-electron chi connectivity index (χ3n) is 14.3. The maximum atomic E-state index is 13.9. The Morgan fingerprint density at radius 2 is 1.39 bits per heavy atom. The number of urea groups is 1. The highest BCUT2D eigenvalue weighted by Gasteiger charge is 2.55. The zero-order valence-electron chi connectivity index (χ0n) is 33.8. The van der Waals surface area contributed by atoms with Gasteiger partial charge in [-0.25, -0.2) is 17.2 Å². The third kappa shape index (κ3) is 7.59. The molecule has 1 unspecified atom stereocenters. The summed E-state index contributed by atoms with van der Waals surface area (Å²) in [6.07, 6.45) is 12.2. The molecule has 11 heteroatoms. The minimum absolute atomic E-state index is 0.0453. The Bertz CT molecular complexity index is 1960. The second-order valence-electron chi connectivity index (χ2n) is 18.7. The van der Waals surface area contributed by atoms with E-state index in [0.717, 1.165) is 81.4 Å². The topological polar surface area (TPSA) is 112 Å². The number of ether oxygens (including phenoxy) is 1. The SMILES string of the molecule is CC(C)c1ccc(S(=O)(=O)n2ccc3c(OCC(O)CN(C(=O)N4CCC(C5CCN(C(=O)C67CC8CC(CC(C8)C6)C7)CC5)CC4)C(C)C)cccc32)cc1. The summed E-state index contributed by atoms with van der Waals surface area (Å²) >= 11 is 0. The van der Waals surface area contributed by atoms with Gasteiger partial charge in [-0.3, -0.25) is 4.79 Å². The number of hydrogen-bond acceptors (Lipinski definition) is 6. The van der Waals surface area contributed by atoms with Crippen LogP contribution in [-0.2, 0) is 14.8 Å². The van der Waals surface area contributed by atoms with E-state index in [1.165, 1.54) is 29.4 Å². The number of carbonyl (C=O) groups excluding carboxylic acids is 2. The van der Waals surface area contributed by atoms with Crippen LogP contribution in [0.5, 0.6) is 5.75 Å². The molecule has 3 heterocycles. The zero-order valence-corrected chi connectivity index (χ0v) is 34.6. The molecule has 2 aliphatic heterocycles. The molecule has 4 bridgehead atoms. The maximum absolute atomic E-state index is 13.9. The Labute approximate surface area is 333 Å². The van der Waals surface area contributed by atoms with Gasteiger partial charge in [-0.2, -0.15) is 0 Å². The van der Waals surface area contributed by atoms with Crippen molar-refractivity contribution >= 4 is 32.9 Å². The van der Waals surface area contributed by atoms with Crippen molar-refractivity contribution in [2.75, 3.05) is 39.3 Å². The number of aromatic nitrogens is 1. The van der Waals surface area contributed by atoms with E-state index < -0.39 is 16.1 Å². The highest BCUT2D eigenvalue weighted by Crippen LogP contribution is 2.60. The lowest BCUT2D eigenvalue weighted by Crippen LogP contribution is -2.56. The fraction of sp³-hybridized carbons (Fsp3) is 0.644. The normalized spacial score (nSPS) is 26.4. The van der Waals surface area contributed by atoms with E-state index in [4.69, 9.17) is 4.74 Å². The molecule has 3 amide bonds. The van der Waals surface area contributed by atoms with Crippen molar-refractivity contribution in [3.05, 3.63) is 60.3 Å². The van der Waals surface area contributed by atoms with E-state index in [2.05, 4.69) is 18.7 Å². The number of aliphatic hydroxyl groups excluding tert-OH is 1. The monoisotopic (exact) mass is 786 g/mol. The highest BCUT2D eigenvalue weighted by molar-refractivity contribution is 7.90. The van der Waals surface area contributed by atoms with Crippen LogP contribution in [0.3, 0.4) is 0 Å². The Morgan fingerprint density at radius 1 is 0.821 bits per heavy atom. The van der Waals surface area contributed by atoms with Gasteiger partial charge in [-0.15, -0.1) is 0 Å². The molecule has 2 saturated heterocycles. The quantitative estimate of drug-likeness (QED) is 0.213. The standard InChI is InChI=1S/C45H62N4O6S/c1-30(2)35-8-10-39(11-9-35)56(53,54)49-21-16-40-41(49)6-5-7-42(40)55-29-38(50)28-48(31(3)4)44(52)47-19-14-37(15-20-47)36-12-17-46(18-13-36)43(51)45-25-32-22-33(26-45)24-34(23-32)27-45/h5-11,16,21,30-34,36-38,50H,12-15,17-20,22-29H2,1-4H3. The van der Waals surface area contributed by atoms with Crippen molar-refractivity contribution < 1.29 is 27.9 Å². The van der Waals surface area contributed by atoms with Crippen molar-refractivity contribution in [1.29, 1.82) is 0 Å². The van der Waals surface area contributed by atoms with Crippen molar-refractivity contribution in [1.82, 2.24) is 18.7 Å². The summed E-state index contributed by atoms with van der Waals surface area (Å²) in [6.45, 7) is 11.3. The lowest BCUT2D eigenvalue weighted by molar-refractivity contribution is -0.159. The third-order valence-corrected chi connectivity index (χ3v) is 16.0. The molecule has 6 aliphatic rings. The van der Waals surface area contributed by atoms with Crippen LogP contribution in [0.25, 0.3) is 10.9 Å². The number of hydrogen-bond donors (Lipinski definition) is 1. The van der Waals surface area contributed by atoms with Crippen molar-refractivity contribution in [2.24, 2.45) is 35.0 Å². The molecule has 4 saturated carbocycles. The van der Waals surface area contributed by atoms with E-state index in [-0.39, 0.29) is 35.5 Å². The number of likely N-dealkylation sites (tertiary alicyclic amines) is 2. The fourth-order valence-electron chi connectivity index (χ4n) is 11.6. The summed E-state index contributed by atoms with van der Waals surface area (Å²) in [7, 11) is -3.83. The largest absolute Gasteiger partial charge is 0.490 e. The number of piperidine rings is 2. The minimum atomic E-state index is -3.83. The van der Waals surface area contributed by atoms with Crippen LogP contribution in [0.15, 0.2) is 59.6 Å². The van der Waals surface area contributed by atoms with Crippen molar-refractivity contribution in [3.63, 3.8) is 0 Å². The smallest absolute Gasteiger partial charge is 0.320 e. The van der Waals surface area contributed by atoms with Crippen LogP contribution in [0.1, 0.15) is 103 Å². The molecule has 56 heavy (non-hydrogen) atoms. The summed E-state index contributed by atoms with van der Waals surface area (Å²) in [5.74, 6) is 4.77. The van der Waals surface area contributed by atoms with Crippen LogP contribution in [0.4, 0.5) is 4.79 Å². The number of nitrogens with zero attached hydrogens (tertiary/aromatic N) is 4. The molecule has 0 radical (unpaired) electrons. The number of aliphatic hydroxyl groups is 1. The summed E-state index contributed by atoms with van der Waals surface area (Å²) in [5.41, 5.74) is 1.51. The first kappa shape index (κ1) is 39.3. The lowest BCUT2D eigenvalue weighted by atomic mass is 9.49. The van der Waals surface area contributed by atoms with E-state index in [1.54, 1.807) is 41.3 Å². The molecule has 1 aromatic heterocycles. The number of amides is 3. The van der Waals surface area contributed by atoms with Crippen LogP contribution in [0, 0.1) is 35.0 Å². The second kappa shape index (κ2) is 15.6. The molecule has 0 spiro atoms. The van der Waals surface area contributed by atoms with Gasteiger partial charge in [0.15, 0.2) is 0 Å². The Kier molecular flexibility index (Phi) is 11.0. The fourth-order valence-corrected chi connectivity index (χ4v) is 12.9. The minimum Gasteiger partial charge on any atom is -0.490 e. The second-order valence-corrected chi connectivity index (χ2v) is 20.5. The summed E-state index contributed by atoms with van der Waals surface area (Å²) in [5, 5.41) is 11.8. The lowest BCUT2D eigenvalue weighted by Gasteiger charge is -2.57. The summed E-state index contributed by atoms with van der Waals surface area (Å²) in [4.78, 5) is 33.9. The number of benzene rings is 2. The van der Waals surface area contributed by atoms with Crippen LogP contribution >= 0.6 is 0 Å². The Balaban J connectivity index is 0.821. The summed E-state index contributed by atoms with van der Waals surface area (Å²) in [6, 6.07) is 13.8. The van der Waals surface area contributed by atoms with Gasteiger partial charge in [-0.05, 0) is 149 Å². The Hall–Kier alpha value is -3.57. The Morgan fingerprint density at radius 3 is 1.95 bits per heavy atom. The average molecular weight is 787 g/mol. The first-order chi connectivity index (χ1) is 26.8. The summed E-state index contributed by atoms with van der Waals surface area (Å²) < 4.78 is 34.6. The van der Waals surface area contributed by atoms with Gasteiger partial charge in [-0.1, -0.05) is 32.0 Å². The van der Waals surface area contributed by atoms with Crippen molar-refractivity contribution in [3.8, 4) is 5.75 Å². The molecule has 1 atom stereocenters. The molecule has 1 N–H and O–H groups in total. The molecular formula is C45H62N4O6S. The maximum Gasteiger partial charge on any atom is 0.320 e. The zero-order chi connectivity index (χ0) is 39.4. The predicted octanol–water partition coefficient (Wildman–Crippen LogP) is 7.74. The van der Waals surface area contributed by atoms with Gasteiger partial charge in [0, 0.05) is 43.8 Å². The predicted molar refractivity (Wildman–Crippen MR) is 218 cm³/mol. The molecule has 9 rings (SSSR count). The molecule has 3 aromatic rings. The van der Waals surface area contributed by atoms with Gasteiger partial charge in [0.1, 0.15) is 18.5 Å². The molecule has 6 fully saturated rings. The molecule has 304 valence electrons. The van der Waals surface area contributed by atoms with E-state index in [9.17, 15) is 23.1 Å². The number of fused-ring (bicyclic) bond motifs is 1. The van der Waals surface area contributed by atoms with Gasteiger partial charge in [0.25, 0.3) is 10.0 Å². The number of rotatable bonds is 11. The first-order valence-electron chi connectivity index (χ1n) is 21.4. The van der Waals surface area contributed by atoms with Crippen LogP contribution < -0.4 is 4.74 Å². The molecule has 4 aliphatic carbocycles. The number of carbonyl (C=O) groups is 2. The van der Waals surface area contributed by atoms with E-state index in [1.807, 2.05) is 30.9 Å². The van der Waals surface area contributed by atoms with Crippen LogP contribution in [-0.4, -0.2) is 95.6 Å². The van der Waals surface area contributed by atoms with Gasteiger partial charge in [0.05, 0.1) is 22.4 Å². The highest BCUT2D eigenvalue weighted by atomic mass is 32.2. The van der Waals surface area contributed by atoms with E-state index in [0.29, 0.717) is 53.4 Å². The molecule has 2 aromatic carbocycles. The first-order valence-corrected chi connectivity index (χ1v) is 22.9. The average Bonchev–Trinajstić information content (AvgIpc) is 3.64. The van der Waals surface area contributed by atoms with E-state index >= 15 is 0 Å². The van der Waals surface area contributed by atoms with Crippen molar-refractivity contribution in [2.45, 2.75) is 115 Å². The molecular weight excluding hydrogens is 725 g/mol. The van der Waals surface area contributed by atoms with Gasteiger partial charge in [0.2, 0.25) is 5.91 Å². The van der Waals surface area contributed by atoms with Gasteiger partial charge < -0.3 is 24.5 Å². The molecule has 10 nitrogen and oxygen atoms in total. The van der Waals surface area contributed by atoms with Crippen LogP contribution in [0.2, 0.25) is 0 Å². The van der Waals surface area contributed by atoms with Gasteiger partial charge >= 0.3 is 6.03 Å².